The number of hydrogen-bond donors (Lipinski definition) is 4. The maximum Gasteiger partial charge on any atom is 0.328 e. The van der Waals surface area contributed by atoms with Gasteiger partial charge < -0.3 is 26.0 Å². The zero-order chi connectivity index (χ0) is 29.6. The molecule has 4 N–H and O–H groups in total. The first kappa shape index (κ1) is 30.1. The first-order valence-electron chi connectivity index (χ1n) is 13.2. The number of imide groups is 1. The van der Waals surface area contributed by atoms with Gasteiger partial charge >= 0.3 is 18.0 Å². The van der Waals surface area contributed by atoms with Crippen molar-refractivity contribution < 1.29 is 29.1 Å². The number of anilines is 2. The summed E-state index contributed by atoms with van der Waals surface area (Å²) >= 11 is 0. The fourth-order valence-electron chi connectivity index (χ4n) is 4.47. The minimum Gasteiger partial charge on any atom is -0.481 e. The van der Waals surface area contributed by atoms with Gasteiger partial charge in [0.1, 0.15) is 11.6 Å². The van der Waals surface area contributed by atoms with Crippen LogP contribution in [0.2, 0.25) is 0 Å². The van der Waals surface area contributed by atoms with Gasteiger partial charge in [0.2, 0.25) is 5.91 Å². The SMILES string of the molecule is Cc1ccccc1NC(=O)Nc1ccc(CN2C(=O)N([C@@H](CC(C)C)C(=O)NCCC(=O)O)C(=O)C2(C)C)cc1. The Kier molecular flexibility index (Phi) is 9.51. The number of carbonyl (C=O) groups is 5. The summed E-state index contributed by atoms with van der Waals surface area (Å²) in [6.45, 7) is 8.93. The second-order valence-corrected chi connectivity index (χ2v) is 10.8. The zero-order valence-corrected chi connectivity index (χ0v) is 23.5. The third-order valence-electron chi connectivity index (χ3n) is 6.75. The van der Waals surface area contributed by atoms with Crippen LogP contribution in [-0.4, -0.2) is 62.9 Å². The first-order chi connectivity index (χ1) is 18.8. The predicted molar refractivity (Wildman–Crippen MR) is 151 cm³/mol. The lowest BCUT2D eigenvalue weighted by Crippen LogP contribution is -2.51. The molecule has 1 atom stereocenters. The highest BCUT2D eigenvalue weighted by molar-refractivity contribution is 6.09. The average molecular weight is 552 g/mol. The molecule has 11 nitrogen and oxygen atoms in total. The van der Waals surface area contributed by atoms with Crippen molar-refractivity contribution in [2.45, 2.75) is 65.6 Å². The summed E-state index contributed by atoms with van der Waals surface area (Å²) in [6.07, 6.45) is -0.0245. The largest absolute Gasteiger partial charge is 0.481 e. The molecule has 1 saturated heterocycles. The molecule has 1 aliphatic heterocycles. The number of nitrogens with one attached hydrogen (secondary N) is 3. The van der Waals surface area contributed by atoms with Gasteiger partial charge in [0, 0.05) is 24.5 Å². The molecular weight excluding hydrogens is 514 g/mol. The van der Waals surface area contributed by atoms with Gasteiger partial charge in [-0.3, -0.25) is 14.4 Å². The molecule has 40 heavy (non-hydrogen) atoms. The summed E-state index contributed by atoms with van der Waals surface area (Å²) in [5.41, 5.74) is 1.70. The van der Waals surface area contributed by atoms with E-state index in [-0.39, 0.29) is 31.8 Å². The number of aryl methyl sites for hydroxylation is 1. The summed E-state index contributed by atoms with van der Waals surface area (Å²) in [6, 6.07) is 12.3. The topological polar surface area (TPSA) is 148 Å². The van der Waals surface area contributed by atoms with E-state index in [1.54, 1.807) is 38.1 Å². The van der Waals surface area contributed by atoms with Crippen molar-refractivity contribution in [1.29, 1.82) is 0 Å². The fourth-order valence-corrected chi connectivity index (χ4v) is 4.47. The van der Waals surface area contributed by atoms with Gasteiger partial charge in [-0.1, -0.05) is 44.2 Å². The summed E-state index contributed by atoms with van der Waals surface area (Å²) < 4.78 is 0. The Bertz CT molecular complexity index is 1270. The Morgan fingerprint density at radius 2 is 1.62 bits per heavy atom. The Morgan fingerprint density at radius 3 is 2.23 bits per heavy atom. The summed E-state index contributed by atoms with van der Waals surface area (Å²) in [5, 5.41) is 17.0. The van der Waals surface area contributed by atoms with Crippen LogP contribution in [0.15, 0.2) is 48.5 Å². The van der Waals surface area contributed by atoms with E-state index in [1.807, 2.05) is 45.0 Å². The highest BCUT2D eigenvalue weighted by Gasteiger charge is 2.54. The third kappa shape index (κ3) is 7.16. The van der Waals surface area contributed by atoms with Crippen LogP contribution in [-0.2, 0) is 20.9 Å². The molecule has 2 aromatic carbocycles. The number of benzene rings is 2. The van der Waals surface area contributed by atoms with Crippen LogP contribution in [0, 0.1) is 12.8 Å². The van der Waals surface area contributed by atoms with Gasteiger partial charge in [-0.25, -0.2) is 14.5 Å². The molecule has 0 spiro atoms. The smallest absolute Gasteiger partial charge is 0.328 e. The fraction of sp³-hybridized carbons (Fsp3) is 0.414. The molecule has 0 bridgehead atoms. The number of nitrogens with zero attached hydrogens (tertiary/aromatic N) is 2. The minimum atomic E-state index is -1.21. The van der Waals surface area contributed by atoms with Crippen LogP contribution in [0.1, 0.15) is 51.7 Å². The van der Waals surface area contributed by atoms with E-state index >= 15 is 0 Å². The quantitative estimate of drug-likeness (QED) is 0.308. The summed E-state index contributed by atoms with van der Waals surface area (Å²) in [5.74, 6) is -2.12. The van der Waals surface area contributed by atoms with Crippen molar-refractivity contribution in [2.24, 2.45) is 5.92 Å². The standard InChI is InChI=1S/C29H37N5O6/c1-18(2)16-23(25(37)30-15-14-24(35)36)34-26(38)29(4,5)33(28(34)40)17-20-10-12-21(13-11-20)31-27(39)32-22-9-7-6-8-19(22)3/h6-13,18,23H,14-17H2,1-5H3,(H,30,37)(H,35,36)(H2,31,32,39)/t23-/m0/s1. The summed E-state index contributed by atoms with van der Waals surface area (Å²) in [7, 11) is 0. The monoisotopic (exact) mass is 551 g/mol. The number of carbonyl (C=O) groups excluding carboxylic acids is 4. The molecular formula is C29H37N5O6. The van der Waals surface area contributed by atoms with Crippen LogP contribution in [0.3, 0.4) is 0 Å². The lowest BCUT2D eigenvalue weighted by molar-refractivity contribution is -0.140. The van der Waals surface area contributed by atoms with Crippen LogP contribution in [0.25, 0.3) is 0 Å². The van der Waals surface area contributed by atoms with E-state index in [0.717, 1.165) is 16.0 Å². The molecule has 1 aliphatic rings. The molecule has 0 unspecified atom stereocenters. The lowest BCUT2D eigenvalue weighted by Gasteiger charge is -2.28. The van der Waals surface area contributed by atoms with Crippen molar-refractivity contribution >= 4 is 41.2 Å². The predicted octanol–water partition coefficient (Wildman–Crippen LogP) is 4.19. The highest BCUT2D eigenvalue weighted by Crippen LogP contribution is 2.32. The van der Waals surface area contributed by atoms with Gasteiger partial charge in [0.15, 0.2) is 0 Å². The number of urea groups is 2. The average Bonchev–Trinajstić information content (AvgIpc) is 3.03. The van der Waals surface area contributed by atoms with E-state index in [2.05, 4.69) is 16.0 Å². The summed E-state index contributed by atoms with van der Waals surface area (Å²) in [4.78, 5) is 65.6. The molecule has 0 aromatic heterocycles. The van der Waals surface area contributed by atoms with Crippen LogP contribution in [0.4, 0.5) is 21.0 Å². The second-order valence-electron chi connectivity index (χ2n) is 10.8. The number of rotatable bonds is 11. The maximum atomic E-state index is 13.6. The number of hydrogen-bond acceptors (Lipinski definition) is 5. The number of aliphatic carboxylic acids is 1. The highest BCUT2D eigenvalue weighted by atomic mass is 16.4. The van der Waals surface area contributed by atoms with Gasteiger partial charge in [-0.05, 0) is 62.4 Å². The molecule has 6 amide bonds. The molecule has 1 heterocycles. The number of carboxylic acids is 1. The molecule has 2 aromatic rings. The Morgan fingerprint density at radius 1 is 0.975 bits per heavy atom. The van der Waals surface area contributed by atoms with Crippen molar-refractivity contribution in [1.82, 2.24) is 15.1 Å². The molecule has 0 radical (unpaired) electrons. The minimum absolute atomic E-state index is 0.00367. The Balaban J connectivity index is 1.71. The second kappa shape index (κ2) is 12.6. The number of amides is 6. The number of para-hydroxylation sites is 1. The van der Waals surface area contributed by atoms with Crippen LogP contribution in [0.5, 0.6) is 0 Å². The van der Waals surface area contributed by atoms with Gasteiger partial charge in [0.05, 0.1) is 6.42 Å². The maximum absolute atomic E-state index is 13.6. The van der Waals surface area contributed by atoms with E-state index in [0.29, 0.717) is 11.4 Å². The Labute approximate surface area is 233 Å². The van der Waals surface area contributed by atoms with Crippen molar-refractivity contribution in [2.75, 3.05) is 17.2 Å². The molecule has 0 saturated carbocycles. The zero-order valence-electron chi connectivity index (χ0n) is 23.5. The van der Waals surface area contributed by atoms with Crippen molar-refractivity contribution in [3.63, 3.8) is 0 Å². The van der Waals surface area contributed by atoms with E-state index in [1.165, 1.54) is 4.90 Å². The lowest BCUT2D eigenvalue weighted by atomic mass is 9.99. The number of carboxylic acid groups (broad SMARTS) is 1. The van der Waals surface area contributed by atoms with E-state index in [4.69, 9.17) is 5.11 Å². The molecule has 11 heteroatoms. The molecule has 3 rings (SSSR count). The van der Waals surface area contributed by atoms with Crippen LogP contribution < -0.4 is 16.0 Å². The third-order valence-corrected chi connectivity index (χ3v) is 6.75. The molecule has 1 fully saturated rings. The molecule has 0 aliphatic carbocycles. The molecule has 214 valence electrons. The van der Waals surface area contributed by atoms with Crippen LogP contribution >= 0.6 is 0 Å². The van der Waals surface area contributed by atoms with Crippen molar-refractivity contribution in [3.8, 4) is 0 Å². The Hall–Kier alpha value is -4.41. The first-order valence-corrected chi connectivity index (χ1v) is 13.2. The van der Waals surface area contributed by atoms with Gasteiger partial charge in [0.25, 0.3) is 5.91 Å². The van der Waals surface area contributed by atoms with Gasteiger partial charge in [-0.2, -0.15) is 0 Å². The van der Waals surface area contributed by atoms with Gasteiger partial charge in [-0.15, -0.1) is 0 Å². The van der Waals surface area contributed by atoms with E-state index in [9.17, 15) is 24.0 Å². The normalized spacial score (nSPS) is 15.2. The van der Waals surface area contributed by atoms with Crippen molar-refractivity contribution in [3.05, 3.63) is 59.7 Å². The van der Waals surface area contributed by atoms with E-state index < -0.39 is 41.4 Å².